The molecule has 0 saturated heterocycles. The summed E-state index contributed by atoms with van der Waals surface area (Å²) >= 11 is 0. The second-order valence-electron chi connectivity index (χ2n) is 17.4. The molecule has 4 heteroatoms. The summed E-state index contributed by atoms with van der Waals surface area (Å²) in [4.78, 5) is 14.2. The Bertz CT molecular complexity index is 2500. The van der Waals surface area contributed by atoms with E-state index in [1.165, 1.54) is 110 Å². The molecule has 3 aromatic heterocycles. The molecule has 9 rings (SSSR count). The number of pyridine rings is 3. The Labute approximate surface area is 414 Å². The van der Waals surface area contributed by atoms with Crippen molar-refractivity contribution in [3.8, 4) is 33.8 Å². The van der Waals surface area contributed by atoms with Crippen molar-refractivity contribution in [2.45, 2.75) is 117 Å². The first kappa shape index (κ1) is 50.6. The summed E-state index contributed by atoms with van der Waals surface area (Å²) < 4.78 is 0. The van der Waals surface area contributed by atoms with Gasteiger partial charge in [0.05, 0.1) is 16.6 Å². The molecule has 0 aliphatic rings. The fourth-order valence-electron chi connectivity index (χ4n) is 8.23. The summed E-state index contributed by atoms with van der Waals surface area (Å²) in [6, 6.07) is 66.9. The smallest absolute Gasteiger partial charge is 0.296 e. The van der Waals surface area contributed by atoms with Gasteiger partial charge >= 0.3 is 20.1 Å². The summed E-state index contributed by atoms with van der Waals surface area (Å²) in [5, 5.41) is 3.54. The molecule has 0 fully saturated rings. The molecule has 3 heterocycles. The number of para-hydroxylation sites is 3. The topological polar surface area (TPSA) is 38.7 Å². The van der Waals surface area contributed by atoms with E-state index in [0.29, 0.717) is 0 Å². The quantitative estimate of drug-likeness (QED) is 0.0635. The van der Waals surface area contributed by atoms with Gasteiger partial charge in [-0.15, -0.1) is 106 Å². The van der Waals surface area contributed by atoms with Gasteiger partial charge in [0.1, 0.15) is 0 Å². The zero-order valence-corrected chi connectivity index (χ0v) is 42.3. The van der Waals surface area contributed by atoms with Crippen LogP contribution in [0.25, 0.3) is 66.5 Å². The third kappa shape index (κ3) is 15.6. The Balaban J connectivity index is 0.000000165. The minimum absolute atomic E-state index is 0. The Morgan fingerprint density at radius 1 is 0.313 bits per heavy atom. The Morgan fingerprint density at radius 3 is 0.881 bits per heavy atom. The fourth-order valence-corrected chi connectivity index (χ4v) is 8.23. The monoisotopic (exact) mass is 1060 g/mol. The van der Waals surface area contributed by atoms with Crippen LogP contribution in [0.15, 0.2) is 164 Å². The standard InChI is InChI=1S/3C21H22N.Ir/c3*1-2-3-4-5-8-17-11-13-19(14-12-17)21-16-15-18-9-6-7-10-20(18)22-21;/h3*6-7,9-13,15-16H,2-5,8H2,1H3;/q3*-1;+3. The van der Waals surface area contributed by atoms with E-state index >= 15 is 0 Å². The second kappa shape index (κ2) is 27.7. The minimum atomic E-state index is 0. The molecular formula is C63H66IrN3. The zero-order chi connectivity index (χ0) is 45.6. The van der Waals surface area contributed by atoms with Gasteiger partial charge in [0.15, 0.2) is 0 Å². The van der Waals surface area contributed by atoms with Crippen LogP contribution in [0.1, 0.15) is 115 Å². The van der Waals surface area contributed by atoms with Crippen molar-refractivity contribution in [1.82, 2.24) is 15.0 Å². The minimum Gasteiger partial charge on any atom is -0.296 e. The predicted octanol–water partition coefficient (Wildman–Crippen LogP) is 17.5. The third-order valence-corrected chi connectivity index (χ3v) is 12.2. The van der Waals surface area contributed by atoms with Gasteiger partial charge in [0.2, 0.25) is 0 Å². The molecule has 6 aromatic carbocycles. The summed E-state index contributed by atoms with van der Waals surface area (Å²) in [5.74, 6) is 0. The second-order valence-corrected chi connectivity index (χ2v) is 17.4. The van der Waals surface area contributed by atoms with Gasteiger partial charge in [-0.2, -0.15) is 0 Å². The van der Waals surface area contributed by atoms with Crippen LogP contribution in [-0.2, 0) is 39.4 Å². The maximum atomic E-state index is 4.73. The van der Waals surface area contributed by atoms with E-state index in [9.17, 15) is 0 Å². The number of fused-ring (bicyclic) bond motifs is 3. The Kier molecular flexibility index (Phi) is 21.0. The van der Waals surface area contributed by atoms with Crippen molar-refractivity contribution >= 4 is 32.7 Å². The SMILES string of the molecule is CCCCCCc1c[c-]c(-c2ccc3ccccc3n2)cc1.CCCCCCc1c[c-]c(-c2ccc3ccccc3n2)cc1.CCCCCCc1c[c-]c(-c2ccc3ccccc3n2)cc1.[Ir+3]. The molecule has 0 aliphatic carbocycles. The first-order valence-electron chi connectivity index (χ1n) is 24.7. The Morgan fingerprint density at radius 2 is 0.612 bits per heavy atom. The maximum Gasteiger partial charge on any atom is 3.00 e. The van der Waals surface area contributed by atoms with E-state index in [1.54, 1.807) is 0 Å². The molecule has 0 saturated carbocycles. The number of hydrogen-bond acceptors (Lipinski definition) is 3. The molecule has 0 unspecified atom stereocenters. The molecule has 0 bridgehead atoms. The van der Waals surface area contributed by atoms with Crippen LogP contribution in [0, 0.1) is 18.2 Å². The van der Waals surface area contributed by atoms with Gasteiger partial charge < -0.3 is 0 Å². The van der Waals surface area contributed by atoms with Crippen molar-refractivity contribution in [2.24, 2.45) is 0 Å². The fraction of sp³-hybridized carbons (Fsp3) is 0.286. The van der Waals surface area contributed by atoms with E-state index < -0.39 is 0 Å². The van der Waals surface area contributed by atoms with Gasteiger partial charge in [-0.05, 0) is 51.4 Å². The molecule has 67 heavy (non-hydrogen) atoms. The van der Waals surface area contributed by atoms with Crippen LogP contribution in [0.2, 0.25) is 0 Å². The number of nitrogens with zero attached hydrogens (tertiary/aromatic N) is 3. The van der Waals surface area contributed by atoms with Gasteiger partial charge in [-0.1, -0.05) is 208 Å². The van der Waals surface area contributed by atoms with Gasteiger partial charge in [0, 0.05) is 0 Å². The van der Waals surface area contributed by atoms with E-state index in [-0.39, 0.29) is 20.1 Å². The van der Waals surface area contributed by atoms with Crippen LogP contribution in [-0.4, -0.2) is 15.0 Å². The van der Waals surface area contributed by atoms with Crippen LogP contribution in [0.5, 0.6) is 0 Å². The van der Waals surface area contributed by atoms with E-state index in [1.807, 2.05) is 36.4 Å². The largest absolute Gasteiger partial charge is 3.00 e. The predicted molar refractivity (Wildman–Crippen MR) is 282 cm³/mol. The van der Waals surface area contributed by atoms with Crippen molar-refractivity contribution in [3.63, 3.8) is 0 Å². The molecule has 0 aliphatic heterocycles. The molecule has 9 aromatic rings. The van der Waals surface area contributed by atoms with Crippen LogP contribution < -0.4 is 0 Å². The summed E-state index contributed by atoms with van der Waals surface area (Å²) in [7, 11) is 0. The number of hydrogen-bond donors (Lipinski definition) is 0. The van der Waals surface area contributed by atoms with Crippen LogP contribution in [0.3, 0.4) is 0 Å². The molecular weight excluding hydrogens is 991 g/mol. The normalized spacial score (nSPS) is 10.8. The Hall–Kier alpha value is -5.80. The molecule has 0 amide bonds. The molecule has 0 atom stereocenters. The van der Waals surface area contributed by atoms with Gasteiger partial charge in [0.25, 0.3) is 0 Å². The average molecular weight is 1060 g/mol. The van der Waals surface area contributed by atoms with E-state index in [0.717, 1.165) is 69.6 Å². The molecule has 0 N–H and O–H groups in total. The summed E-state index contributed by atoms with van der Waals surface area (Å²) in [5.41, 5.74) is 13.4. The molecule has 0 radical (unpaired) electrons. The average Bonchev–Trinajstić information content (AvgIpc) is 3.38. The van der Waals surface area contributed by atoms with Gasteiger partial charge in [-0.3, -0.25) is 15.0 Å². The van der Waals surface area contributed by atoms with Crippen molar-refractivity contribution in [2.75, 3.05) is 0 Å². The van der Waals surface area contributed by atoms with E-state index in [2.05, 4.69) is 166 Å². The molecule has 0 spiro atoms. The van der Waals surface area contributed by atoms with Crippen LogP contribution >= 0.6 is 0 Å². The first-order chi connectivity index (χ1) is 32.6. The first-order valence-corrected chi connectivity index (χ1v) is 24.7. The number of benzene rings is 6. The van der Waals surface area contributed by atoms with Crippen molar-refractivity contribution < 1.29 is 20.1 Å². The number of aryl methyl sites for hydroxylation is 3. The number of unbranched alkanes of at least 4 members (excludes halogenated alkanes) is 9. The number of aromatic nitrogens is 3. The summed E-state index contributed by atoms with van der Waals surface area (Å²) in [6.07, 6.45) is 19.1. The number of rotatable bonds is 18. The van der Waals surface area contributed by atoms with Crippen molar-refractivity contribution in [3.05, 3.63) is 199 Å². The van der Waals surface area contributed by atoms with E-state index in [4.69, 9.17) is 15.0 Å². The third-order valence-electron chi connectivity index (χ3n) is 12.2. The molecule has 342 valence electrons. The maximum absolute atomic E-state index is 4.73. The van der Waals surface area contributed by atoms with Crippen LogP contribution in [0.4, 0.5) is 0 Å². The summed E-state index contributed by atoms with van der Waals surface area (Å²) in [6.45, 7) is 6.75. The zero-order valence-electron chi connectivity index (χ0n) is 39.9. The molecule has 3 nitrogen and oxygen atoms in total. The van der Waals surface area contributed by atoms with Crippen molar-refractivity contribution in [1.29, 1.82) is 0 Å². The van der Waals surface area contributed by atoms with Gasteiger partial charge in [-0.25, -0.2) is 0 Å².